The summed E-state index contributed by atoms with van der Waals surface area (Å²) >= 11 is 0. The molecule has 0 amide bonds. The third-order valence-corrected chi connectivity index (χ3v) is 7.75. The van der Waals surface area contributed by atoms with E-state index in [1.807, 2.05) is 49.7 Å². The van der Waals surface area contributed by atoms with Gasteiger partial charge in [-0.2, -0.15) is 9.40 Å². The third kappa shape index (κ3) is 4.35. The molecule has 0 bridgehead atoms. The molecule has 1 fully saturated rings. The summed E-state index contributed by atoms with van der Waals surface area (Å²) in [5, 5.41) is 5.65. The second-order valence-electron chi connectivity index (χ2n) is 8.13. The van der Waals surface area contributed by atoms with Crippen molar-refractivity contribution in [3.63, 3.8) is 0 Å². The van der Waals surface area contributed by atoms with Crippen LogP contribution >= 0.6 is 0 Å². The first-order valence-corrected chi connectivity index (χ1v) is 12.5. The highest BCUT2D eigenvalue weighted by Crippen LogP contribution is 2.30. The Morgan fingerprint density at radius 2 is 1.72 bits per heavy atom. The van der Waals surface area contributed by atoms with E-state index in [4.69, 9.17) is 19.8 Å². The number of piperazine rings is 1. The van der Waals surface area contributed by atoms with E-state index in [2.05, 4.69) is 4.90 Å². The quantitative estimate of drug-likeness (QED) is 0.537. The zero-order valence-corrected chi connectivity index (χ0v) is 19.9. The number of nitrogens with zero attached hydrogens (tertiary/aromatic N) is 6. The number of methoxy groups -OCH3 is 1. The molecule has 0 radical (unpaired) electrons. The zero-order valence-electron chi connectivity index (χ0n) is 19.1. The number of hydrogen-bond acceptors (Lipinski definition) is 7. The molecule has 32 heavy (non-hydrogen) atoms. The van der Waals surface area contributed by atoms with Crippen molar-refractivity contribution < 1.29 is 13.2 Å². The number of fused-ring (bicyclic) bond motifs is 1. The Kier molecular flexibility index (Phi) is 6.45. The van der Waals surface area contributed by atoms with E-state index in [0.717, 1.165) is 28.2 Å². The van der Waals surface area contributed by atoms with Gasteiger partial charge in [0.2, 0.25) is 10.0 Å². The van der Waals surface area contributed by atoms with Crippen LogP contribution in [0, 0.1) is 13.8 Å². The van der Waals surface area contributed by atoms with Crippen LogP contribution in [0.4, 0.5) is 5.82 Å². The molecule has 9 nitrogen and oxygen atoms in total. The van der Waals surface area contributed by atoms with Crippen LogP contribution in [0.15, 0.2) is 24.3 Å². The summed E-state index contributed by atoms with van der Waals surface area (Å²) in [6.45, 7) is 8.19. The highest BCUT2D eigenvalue weighted by atomic mass is 32.2. The van der Waals surface area contributed by atoms with Crippen molar-refractivity contribution >= 4 is 26.9 Å². The summed E-state index contributed by atoms with van der Waals surface area (Å²) < 4.78 is 33.7. The van der Waals surface area contributed by atoms with Gasteiger partial charge in [-0.15, -0.1) is 0 Å². The van der Waals surface area contributed by atoms with Crippen LogP contribution in [0.3, 0.4) is 0 Å². The normalized spacial score (nSPS) is 15.6. The Balaban J connectivity index is 1.74. The maximum atomic E-state index is 12.5. The number of sulfonamides is 1. The lowest BCUT2D eigenvalue weighted by atomic mass is 10.2. The molecular formula is C22H30N6O3S. The van der Waals surface area contributed by atoms with E-state index in [9.17, 15) is 8.42 Å². The topological polar surface area (TPSA) is 93.5 Å². The second-order valence-corrected chi connectivity index (χ2v) is 10.2. The zero-order chi connectivity index (χ0) is 22.9. The van der Waals surface area contributed by atoms with Gasteiger partial charge in [-0.25, -0.2) is 23.1 Å². The number of benzene rings is 1. The third-order valence-electron chi connectivity index (χ3n) is 5.68. The Labute approximate surface area is 189 Å². The molecule has 0 N–H and O–H groups in total. The van der Waals surface area contributed by atoms with Gasteiger partial charge in [0.25, 0.3) is 0 Å². The molecule has 0 saturated carbocycles. The molecule has 1 aliphatic rings. The van der Waals surface area contributed by atoms with Crippen molar-refractivity contribution in [2.24, 2.45) is 0 Å². The van der Waals surface area contributed by atoms with Crippen LogP contribution in [-0.4, -0.2) is 71.5 Å². The van der Waals surface area contributed by atoms with Gasteiger partial charge in [-0.1, -0.05) is 24.6 Å². The molecule has 172 valence electrons. The molecule has 10 heteroatoms. The highest BCUT2D eigenvalue weighted by molar-refractivity contribution is 7.89. The molecule has 3 aromatic rings. The molecule has 0 spiro atoms. The first kappa shape index (κ1) is 22.6. The minimum absolute atomic E-state index is 0.186. The molecule has 0 unspecified atom stereocenters. The Hall–Kier alpha value is -2.56. The summed E-state index contributed by atoms with van der Waals surface area (Å²) in [4.78, 5) is 11.7. The lowest BCUT2D eigenvalue weighted by Gasteiger charge is -2.35. The molecule has 0 aliphatic carbocycles. The summed E-state index contributed by atoms with van der Waals surface area (Å²) in [6.07, 6.45) is 0.618. The first-order chi connectivity index (χ1) is 15.3. The van der Waals surface area contributed by atoms with Crippen molar-refractivity contribution in [2.75, 3.05) is 43.9 Å². The molecule has 1 saturated heterocycles. The van der Waals surface area contributed by atoms with Crippen LogP contribution in [0.1, 0.15) is 30.4 Å². The van der Waals surface area contributed by atoms with E-state index in [0.29, 0.717) is 38.4 Å². The molecule has 1 aromatic carbocycles. The SMILES string of the molecule is CCCS(=O)(=O)N1CCN(c2nc(COC)nc3c2c(C)nn3-c2ccc(C)cc2)CC1. The van der Waals surface area contributed by atoms with Gasteiger partial charge in [0, 0.05) is 33.3 Å². The number of ether oxygens (including phenoxy) is 1. The molecule has 1 aliphatic heterocycles. The lowest BCUT2D eigenvalue weighted by Crippen LogP contribution is -2.49. The van der Waals surface area contributed by atoms with Gasteiger partial charge in [-0.3, -0.25) is 0 Å². The van der Waals surface area contributed by atoms with Crippen LogP contribution in [0.5, 0.6) is 0 Å². The van der Waals surface area contributed by atoms with Crippen LogP contribution in [0.2, 0.25) is 0 Å². The first-order valence-electron chi connectivity index (χ1n) is 10.9. The average molecular weight is 459 g/mol. The smallest absolute Gasteiger partial charge is 0.214 e. The molecule has 3 heterocycles. The number of hydrogen-bond donors (Lipinski definition) is 0. The lowest BCUT2D eigenvalue weighted by molar-refractivity contribution is 0.178. The largest absolute Gasteiger partial charge is 0.377 e. The Morgan fingerprint density at radius 3 is 2.34 bits per heavy atom. The van der Waals surface area contributed by atoms with Gasteiger partial charge in [0.15, 0.2) is 11.5 Å². The van der Waals surface area contributed by atoms with Crippen molar-refractivity contribution in [3.05, 3.63) is 41.3 Å². The van der Waals surface area contributed by atoms with Gasteiger partial charge < -0.3 is 9.64 Å². The van der Waals surface area contributed by atoms with Crippen molar-refractivity contribution in [3.8, 4) is 5.69 Å². The van der Waals surface area contributed by atoms with Crippen molar-refractivity contribution in [1.82, 2.24) is 24.1 Å². The maximum absolute atomic E-state index is 12.5. The summed E-state index contributed by atoms with van der Waals surface area (Å²) in [5.41, 5.74) is 3.66. The van der Waals surface area contributed by atoms with E-state index in [-0.39, 0.29) is 12.4 Å². The summed E-state index contributed by atoms with van der Waals surface area (Å²) in [5.74, 6) is 1.54. The number of aromatic nitrogens is 4. The Morgan fingerprint density at radius 1 is 1.03 bits per heavy atom. The fourth-order valence-electron chi connectivity index (χ4n) is 4.06. The molecular weight excluding hydrogens is 428 g/mol. The number of rotatable bonds is 7. The minimum Gasteiger partial charge on any atom is -0.377 e. The van der Waals surface area contributed by atoms with E-state index < -0.39 is 10.0 Å². The van der Waals surface area contributed by atoms with Crippen LogP contribution < -0.4 is 4.90 Å². The molecule has 4 rings (SSSR count). The van der Waals surface area contributed by atoms with E-state index in [1.165, 1.54) is 5.56 Å². The minimum atomic E-state index is -3.20. The van der Waals surface area contributed by atoms with Crippen LogP contribution in [-0.2, 0) is 21.4 Å². The summed E-state index contributed by atoms with van der Waals surface area (Å²) in [7, 11) is -1.59. The number of aryl methyl sites for hydroxylation is 2. The second kappa shape index (κ2) is 9.13. The summed E-state index contributed by atoms with van der Waals surface area (Å²) in [6, 6.07) is 8.14. The average Bonchev–Trinajstić information content (AvgIpc) is 3.10. The van der Waals surface area contributed by atoms with E-state index in [1.54, 1.807) is 11.4 Å². The monoisotopic (exact) mass is 458 g/mol. The standard InChI is InChI=1S/C22H30N6O3S/c1-5-14-32(29,30)27-12-10-26(11-13-27)21-20-17(3)25-28(18-8-6-16(2)7-9-18)22(20)24-19(23-21)15-31-4/h6-9H,5,10-15H2,1-4H3. The molecule has 0 atom stereocenters. The van der Waals surface area contributed by atoms with Crippen LogP contribution in [0.25, 0.3) is 16.7 Å². The van der Waals surface area contributed by atoms with Crippen molar-refractivity contribution in [2.45, 2.75) is 33.8 Å². The van der Waals surface area contributed by atoms with Gasteiger partial charge in [-0.05, 0) is 32.4 Å². The predicted molar refractivity (Wildman–Crippen MR) is 125 cm³/mol. The predicted octanol–water partition coefficient (Wildman–Crippen LogP) is 2.44. The maximum Gasteiger partial charge on any atom is 0.214 e. The highest BCUT2D eigenvalue weighted by Gasteiger charge is 2.29. The molecule has 2 aromatic heterocycles. The van der Waals surface area contributed by atoms with Crippen molar-refractivity contribution in [1.29, 1.82) is 0 Å². The fourth-order valence-corrected chi connectivity index (χ4v) is 5.55. The van der Waals surface area contributed by atoms with Gasteiger partial charge >= 0.3 is 0 Å². The van der Waals surface area contributed by atoms with Gasteiger partial charge in [0.1, 0.15) is 12.4 Å². The fraction of sp³-hybridized carbons (Fsp3) is 0.500. The van der Waals surface area contributed by atoms with E-state index >= 15 is 0 Å². The Bertz CT molecular complexity index is 1200. The van der Waals surface area contributed by atoms with Gasteiger partial charge in [0.05, 0.1) is 22.5 Å². The number of anilines is 1.